The lowest BCUT2D eigenvalue weighted by molar-refractivity contribution is -0.125. The standard InChI is InChI=1S/C44H56N8O8/c53-37-13-5-1-9-33(37)25-45-41(57)29-49-17-19-50(30-42(58)46-26-34-10-2-6-14-38(34)54)21-23-52(32-44(60)48-28-36-12-4-8-16-40(36)56)24-22-51(20-18-49)31-43(59)47-27-35-11-3-7-15-39(35)55/h1-16,53-56H,17-32H2,(H,45,57)(H,46,58)(H,47,59)(H,48,60). The van der Waals surface area contributed by atoms with E-state index in [4.69, 9.17) is 0 Å². The average Bonchev–Trinajstić information content (AvgIpc) is 3.23. The molecule has 0 aliphatic carbocycles. The fraction of sp³-hybridized carbons (Fsp3) is 0.364. The highest BCUT2D eigenvalue weighted by atomic mass is 16.3. The molecule has 4 amide bonds. The van der Waals surface area contributed by atoms with Crippen LogP contribution in [-0.4, -0.2) is 142 Å². The molecule has 60 heavy (non-hydrogen) atoms. The minimum atomic E-state index is -0.259. The van der Waals surface area contributed by atoms with Gasteiger partial charge in [-0.25, -0.2) is 0 Å². The van der Waals surface area contributed by atoms with E-state index in [-0.39, 0.29) is 99.0 Å². The predicted octanol–water partition coefficient (Wildman–Crippen LogP) is 1.30. The van der Waals surface area contributed by atoms with Crippen molar-refractivity contribution in [2.45, 2.75) is 26.2 Å². The Morgan fingerprint density at radius 1 is 0.350 bits per heavy atom. The minimum absolute atomic E-state index is 0.0253. The molecule has 5 rings (SSSR count). The summed E-state index contributed by atoms with van der Waals surface area (Å²) in [5.41, 5.74) is 2.33. The quantitative estimate of drug-likeness (QED) is 0.0805. The van der Waals surface area contributed by atoms with Crippen LogP contribution in [-0.2, 0) is 45.4 Å². The molecule has 1 aliphatic rings. The summed E-state index contributed by atoms with van der Waals surface area (Å²) in [6.45, 7) is 3.82. The molecule has 16 nitrogen and oxygen atoms in total. The fourth-order valence-corrected chi connectivity index (χ4v) is 6.66. The summed E-state index contributed by atoms with van der Waals surface area (Å²) < 4.78 is 0. The molecule has 4 aromatic rings. The number of rotatable bonds is 16. The van der Waals surface area contributed by atoms with Gasteiger partial charge in [0.15, 0.2) is 0 Å². The van der Waals surface area contributed by atoms with Crippen molar-refractivity contribution in [3.63, 3.8) is 0 Å². The summed E-state index contributed by atoms with van der Waals surface area (Å²) in [6.07, 6.45) is 0. The second-order valence-electron chi connectivity index (χ2n) is 14.7. The third kappa shape index (κ3) is 15.2. The van der Waals surface area contributed by atoms with Crippen molar-refractivity contribution in [1.82, 2.24) is 40.9 Å². The zero-order chi connectivity index (χ0) is 42.7. The molecule has 0 unspecified atom stereocenters. The topological polar surface area (TPSA) is 210 Å². The van der Waals surface area contributed by atoms with Crippen LogP contribution < -0.4 is 21.3 Å². The summed E-state index contributed by atoms with van der Waals surface area (Å²) in [6, 6.07) is 27.1. The Morgan fingerprint density at radius 3 is 0.717 bits per heavy atom. The maximum Gasteiger partial charge on any atom is 0.234 e. The molecule has 16 heteroatoms. The number of nitrogens with one attached hydrogen (secondary N) is 4. The number of carbonyl (C=O) groups is 4. The van der Waals surface area contributed by atoms with Gasteiger partial charge in [-0.05, 0) is 24.3 Å². The first-order valence-corrected chi connectivity index (χ1v) is 20.1. The number of benzene rings is 4. The molecule has 1 fully saturated rings. The summed E-state index contributed by atoms with van der Waals surface area (Å²) in [7, 11) is 0. The average molecular weight is 825 g/mol. The zero-order valence-corrected chi connectivity index (χ0v) is 33.8. The van der Waals surface area contributed by atoms with Gasteiger partial charge in [-0.15, -0.1) is 0 Å². The Balaban J connectivity index is 1.29. The summed E-state index contributed by atoms with van der Waals surface area (Å²) >= 11 is 0. The van der Waals surface area contributed by atoms with E-state index in [0.717, 1.165) is 0 Å². The van der Waals surface area contributed by atoms with Gasteiger partial charge in [-0.2, -0.15) is 0 Å². The van der Waals surface area contributed by atoms with Crippen LogP contribution in [0.15, 0.2) is 97.1 Å². The Morgan fingerprint density at radius 2 is 0.533 bits per heavy atom. The molecule has 1 heterocycles. The first-order valence-electron chi connectivity index (χ1n) is 20.1. The second kappa shape index (κ2) is 23.4. The highest BCUT2D eigenvalue weighted by Gasteiger charge is 2.22. The van der Waals surface area contributed by atoms with Crippen molar-refractivity contribution < 1.29 is 39.6 Å². The lowest BCUT2D eigenvalue weighted by atomic mass is 10.2. The van der Waals surface area contributed by atoms with Gasteiger partial charge in [0.2, 0.25) is 23.6 Å². The number of carbonyl (C=O) groups excluding carboxylic acids is 4. The Hall–Kier alpha value is -6.20. The highest BCUT2D eigenvalue weighted by Crippen LogP contribution is 2.17. The van der Waals surface area contributed by atoms with E-state index in [1.807, 2.05) is 19.6 Å². The molecule has 0 saturated carbocycles. The normalized spacial score (nSPS) is 14.9. The van der Waals surface area contributed by atoms with Crippen LogP contribution in [0.2, 0.25) is 0 Å². The van der Waals surface area contributed by atoms with Gasteiger partial charge in [0.25, 0.3) is 0 Å². The van der Waals surface area contributed by atoms with E-state index in [2.05, 4.69) is 21.3 Å². The van der Waals surface area contributed by atoms with Crippen LogP contribution in [0.1, 0.15) is 22.3 Å². The van der Waals surface area contributed by atoms with Crippen LogP contribution in [0.4, 0.5) is 0 Å². The number of hydrogen-bond acceptors (Lipinski definition) is 12. The van der Waals surface area contributed by atoms with Gasteiger partial charge in [-0.1, -0.05) is 72.8 Å². The second-order valence-corrected chi connectivity index (χ2v) is 14.7. The smallest absolute Gasteiger partial charge is 0.234 e. The lowest BCUT2D eigenvalue weighted by Crippen LogP contribution is -2.51. The summed E-state index contributed by atoms with van der Waals surface area (Å²) in [4.78, 5) is 61.1. The number of amides is 4. The number of aromatic hydroxyl groups is 4. The number of phenols is 4. The molecule has 0 aromatic heterocycles. The molecule has 8 N–H and O–H groups in total. The number of phenolic OH excluding ortho intramolecular Hbond substituents is 4. The third-order valence-electron chi connectivity index (χ3n) is 10.3. The lowest BCUT2D eigenvalue weighted by Gasteiger charge is -2.33. The van der Waals surface area contributed by atoms with Gasteiger partial charge >= 0.3 is 0 Å². The van der Waals surface area contributed by atoms with Crippen LogP contribution in [0.25, 0.3) is 0 Å². The molecule has 1 saturated heterocycles. The first kappa shape index (κ1) is 44.9. The number of nitrogens with zero attached hydrogens (tertiary/aromatic N) is 4. The molecule has 0 atom stereocenters. The Labute approximate surface area is 350 Å². The van der Waals surface area contributed by atoms with Gasteiger partial charge in [0.05, 0.1) is 26.2 Å². The molecule has 1 aliphatic heterocycles. The first-order chi connectivity index (χ1) is 29.0. The molecule has 320 valence electrons. The van der Waals surface area contributed by atoms with E-state index in [1.54, 1.807) is 97.1 Å². The summed E-state index contributed by atoms with van der Waals surface area (Å²) in [5.74, 6) is -0.707. The van der Waals surface area contributed by atoms with Gasteiger partial charge < -0.3 is 41.7 Å². The molecule has 0 radical (unpaired) electrons. The molecule has 4 aromatic carbocycles. The van der Waals surface area contributed by atoms with Crippen LogP contribution in [0, 0.1) is 0 Å². The maximum atomic E-state index is 13.3. The summed E-state index contributed by atoms with van der Waals surface area (Å²) in [5, 5.41) is 52.4. The van der Waals surface area contributed by atoms with Crippen molar-refractivity contribution in [1.29, 1.82) is 0 Å². The SMILES string of the molecule is O=C(CN1CCN(CC(=O)NCc2ccccc2O)CCN(CC(=O)NCc2ccccc2O)CCN(CC(=O)NCc2ccccc2O)CC1)NCc1ccccc1O. The maximum absolute atomic E-state index is 13.3. The van der Waals surface area contributed by atoms with Crippen molar-refractivity contribution >= 4 is 23.6 Å². The minimum Gasteiger partial charge on any atom is -0.508 e. The number of para-hydroxylation sites is 4. The van der Waals surface area contributed by atoms with Crippen LogP contribution in [0.5, 0.6) is 23.0 Å². The van der Waals surface area contributed by atoms with Crippen molar-refractivity contribution in [3.05, 3.63) is 119 Å². The van der Waals surface area contributed by atoms with Gasteiger partial charge in [-0.3, -0.25) is 38.8 Å². The molecular formula is C44H56N8O8. The largest absolute Gasteiger partial charge is 0.508 e. The van der Waals surface area contributed by atoms with Crippen molar-refractivity contribution in [2.75, 3.05) is 78.5 Å². The van der Waals surface area contributed by atoms with E-state index in [0.29, 0.717) is 74.6 Å². The Bertz CT molecular complexity index is 1730. The monoisotopic (exact) mass is 824 g/mol. The van der Waals surface area contributed by atoms with E-state index >= 15 is 0 Å². The van der Waals surface area contributed by atoms with Crippen molar-refractivity contribution in [2.24, 2.45) is 0 Å². The predicted molar refractivity (Wildman–Crippen MR) is 226 cm³/mol. The van der Waals surface area contributed by atoms with Crippen LogP contribution >= 0.6 is 0 Å². The zero-order valence-electron chi connectivity index (χ0n) is 33.8. The third-order valence-corrected chi connectivity index (χ3v) is 10.3. The van der Waals surface area contributed by atoms with Gasteiger partial charge in [0, 0.05) is 101 Å². The van der Waals surface area contributed by atoms with E-state index < -0.39 is 0 Å². The highest BCUT2D eigenvalue weighted by molar-refractivity contribution is 5.79. The van der Waals surface area contributed by atoms with Crippen LogP contribution in [0.3, 0.4) is 0 Å². The molecule has 0 bridgehead atoms. The molecular weight excluding hydrogens is 769 g/mol. The van der Waals surface area contributed by atoms with Crippen molar-refractivity contribution in [3.8, 4) is 23.0 Å². The van der Waals surface area contributed by atoms with E-state index in [9.17, 15) is 39.6 Å². The van der Waals surface area contributed by atoms with E-state index in [1.165, 1.54) is 0 Å². The van der Waals surface area contributed by atoms with Gasteiger partial charge in [0.1, 0.15) is 23.0 Å². The Kier molecular flexibility index (Phi) is 17.5. The fourth-order valence-electron chi connectivity index (χ4n) is 6.66. The number of hydrogen-bond donors (Lipinski definition) is 8. The molecule has 0 spiro atoms.